The minimum absolute atomic E-state index is 0.0464. The first-order chi connectivity index (χ1) is 19.2. The predicted octanol–water partition coefficient (Wildman–Crippen LogP) is 4.66. The van der Waals surface area contributed by atoms with E-state index in [9.17, 15) is 14.0 Å². The van der Waals surface area contributed by atoms with Crippen molar-refractivity contribution in [2.75, 3.05) is 14.2 Å². The lowest BCUT2D eigenvalue weighted by atomic mass is 9.98. The summed E-state index contributed by atoms with van der Waals surface area (Å²) in [4.78, 5) is 29.6. The highest BCUT2D eigenvalue weighted by atomic mass is 19.1. The Hall–Kier alpha value is -4.47. The van der Waals surface area contributed by atoms with Crippen molar-refractivity contribution in [1.82, 2.24) is 25.2 Å². The standard InChI is InChI=1S/C30H34FN5O4/c1-6-30(2,3)32-29(38)28(21-13-16-25(39-4)26(17-21)40-5)35(18-20-11-14-22(31)15-12-20)27(37)19-36-24-10-8-7-9-23(24)33-34-36/h7-17,28H,6,18-19H2,1-5H3,(H,32,38). The summed E-state index contributed by atoms with van der Waals surface area (Å²) in [7, 11) is 3.03. The van der Waals surface area contributed by atoms with Crippen LogP contribution in [0.1, 0.15) is 44.4 Å². The molecule has 40 heavy (non-hydrogen) atoms. The quantitative estimate of drug-likeness (QED) is 0.293. The molecule has 1 N–H and O–H groups in total. The molecule has 0 saturated heterocycles. The van der Waals surface area contributed by atoms with Gasteiger partial charge < -0.3 is 19.7 Å². The molecule has 3 aromatic carbocycles. The lowest BCUT2D eigenvalue weighted by molar-refractivity contribution is -0.143. The maximum atomic E-state index is 14.1. The van der Waals surface area contributed by atoms with Crippen LogP contribution in [0.4, 0.5) is 4.39 Å². The largest absolute Gasteiger partial charge is 0.493 e. The number of carbonyl (C=O) groups excluding carboxylic acids is 2. The third-order valence-electron chi connectivity index (χ3n) is 6.92. The van der Waals surface area contributed by atoms with Crippen LogP contribution < -0.4 is 14.8 Å². The molecule has 1 heterocycles. The van der Waals surface area contributed by atoms with E-state index in [-0.39, 0.29) is 24.9 Å². The highest BCUT2D eigenvalue weighted by Gasteiger charge is 2.35. The number of benzene rings is 3. The van der Waals surface area contributed by atoms with Crippen LogP contribution in [0.2, 0.25) is 0 Å². The Kier molecular flexibility index (Phi) is 8.67. The summed E-state index contributed by atoms with van der Waals surface area (Å²) in [5, 5.41) is 11.4. The average molecular weight is 548 g/mol. The van der Waals surface area contributed by atoms with Gasteiger partial charge in [-0.1, -0.05) is 42.5 Å². The van der Waals surface area contributed by atoms with Crippen LogP contribution in [-0.4, -0.2) is 51.5 Å². The molecule has 0 radical (unpaired) electrons. The summed E-state index contributed by atoms with van der Waals surface area (Å²) in [6, 6.07) is 17.3. The summed E-state index contributed by atoms with van der Waals surface area (Å²) in [6.07, 6.45) is 0.675. The van der Waals surface area contributed by atoms with Crippen molar-refractivity contribution in [3.63, 3.8) is 0 Å². The fourth-order valence-corrected chi connectivity index (χ4v) is 4.35. The lowest BCUT2D eigenvalue weighted by Crippen LogP contribution is -2.50. The zero-order valence-electron chi connectivity index (χ0n) is 23.3. The molecule has 1 aromatic heterocycles. The Morgan fingerprint density at radius 3 is 2.40 bits per heavy atom. The minimum Gasteiger partial charge on any atom is -0.493 e. The van der Waals surface area contributed by atoms with Crippen LogP contribution in [0.5, 0.6) is 11.5 Å². The molecule has 0 aliphatic carbocycles. The molecule has 9 nitrogen and oxygen atoms in total. The van der Waals surface area contributed by atoms with Crippen LogP contribution in [0, 0.1) is 5.82 Å². The predicted molar refractivity (Wildman–Crippen MR) is 149 cm³/mol. The van der Waals surface area contributed by atoms with E-state index in [1.807, 2.05) is 45.0 Å². The van der Waals surface area contributed by atoms with Crippen LogP contribution in [0.3, 0.4) is 0 Å². The summed E-state index contributed by atoms with van der Waals surface area (Å²) in [6.45, 7) is 5.71. The van der Waals surface area contributed by atoms with Gasteiger partial charge in [0.15, 0.2) is 11.5 Å². The molecule has 0 aliphatic rings. The molecule has 0 spiro atoms. The molecular weight excluding hydrogens is 513 g/mol. The van der Waals surface area contributed by atoms with Crippen LogP contribution in [0.15, 0.2) is 66.7 Å². The van der Waals surface area contributed by atoms with Crippen molar-refractivity contribution in [3.05, 3.63) is 83.7 Å². The van der Waals surface area contributed by atoms with Gasteiger partial charge in [0.1, 0.15) is 23.9 Å². The number of hydrogen-bond acceptors (Lipinski definition) is 6. The van der Waals surface area contributed by atoms with Crippen molar-refractivity contribution < 1.29 is 23.5 Å². The molecule has 0 fully saturated rings. The first-order valence-electron chi connectivity index (χ1n) is 13.0. The number of aromatic nitrogens is 3. The van der Waals surface area contributed by atoms with E-state index in [2.05, 4.69) is 15.6 Å². The number of para-hydroxylation sites is 1. The van der Waals surface area contributed by atoms with Gasteiger partial charge in [0.05, 0.1) is 19.7 Å². The Morgan fingerprint density at radius 2 is 1.73 bits per heavy atom. The van der Waals surface area contributed by atoms with E-state index in [1.165, 1.54) is 35.9 Å². The van der Waals surface area contributed by atoms with E-state index in [1.54, 1.807) is 30.3 Å². The molecule has 210 valence electrons. The highest BCUT2D eigenvalue weighted by molar-refractivity contribution is 5.89. The number of nitrogens with one attached hydrogen (secondary N) is 1. The second-order valence-electron chi connectivity index (χ2n) is 10.1. The Morgan fingerprint density at radius 1 is 1.02 bits per heavy atom. The molecule has 1 atom stereocenters. The zero-order chi connectivity index (χ0) is 28.9. The van der Waals surface area contributed by atoms with E-state index < -0.39 is 17.4 Å². The summed E-state index contributed by atoms with van der Waals surface area (Å²) in [5.74, 6) is -0.217. The van der Waals surface area contributed by atoms with Gasteiger partial charge in [0.2, 0.25) is 11.8 Å². The van der Waals surface area contributed by atoms with Gasteiger partial charge in [0, 0.05) is 12.1 Å². The average Bonchev–Trinajstić information content (AvgIpc) is 3.36. The van der Waals surface area contributed by atoms with Gasteiger partial charge in [-0.15, -0.1) is 5.10 Å². The number of carbonyl (C=O) groups is 2. The second kappa shape index (κ2) is 12.1. The van der Waals surface area contributed by atoms with Crippen LogP contribution in [0.25, 0.3) is 11.0 Å². The van der Waals surface area contributed by atoms with E-state index in [4.69, 9.17) is 9.47 Å². The summed E-state index contributed by atoms with van der Waals surface area (Å²) >= 11 is 0. The van der Waals surface area contributed by atoms with Crippen molar-refractivity contribution in [2.24, 2.45) is 0 Å². The molecule has 2 amide bonds. The van der Waals surface area contributed by atoms with E-state index in [0.29, 0.717) is 40.1 Å². The lowest BCUT2D eigenvalue weighted by Gasteiger charge is -2.35. The molecular formula is C30H34FN5O4. The number of methoxy groups -OCH3 is 2. The van der Waals surface area contributed by atoms with Gasteiger partial charge in [-0.3, -0.25) is 9.59 Å². The molecule has 0 aliphatic heterocycles. The van der Waals surface area contributed by atoms with Gasteiger partial charge in [0.25, 0.3) is 0 Å². The second-order valence-corrected chi connectivity index (χ2v) is 10.1. The first kappa shape index (κ1) is 28.5. The maximum absolute atomic E-state index is 14.1. The Balaban J connectivity index is 1.81. The van der Waals surface area contributed by atoms with Gasteiger partial charge in [-0.05, 0) is 67.8 Å². The molecule has 0 saturated carbocycles. The SMILES string of the molecule is CCC(C)(C)NC(=O)C(c1ccc(OC)c(OC)c1)N(Cc1ccc(F)cc1)C(=O)Cn1nnc2ccccc21. The number of halogens is 1. The smallest absolute Gasteiger partial charge is 0.247 e. The number of hydrogen-bond donors (Lipinski definition) is 1. The molecule has 1 unspecified atom stereocenters. The molecule has 4 aromatic rings. The van der Waals surface area contributed by atoms with Crippen molar-refractivity contribution in [1.29, 1.82) is 0 Å². The topological polar surface area (TPSA) is 98.6 Å². The number of fused-ring (bicyclic) bond motifs is 1. The third-order valence-corrected chi connectivity index (χ3v) is 6.92. The molecule has 0 bridgehead atoms. The van der Waals surface area contributed by atoms with E-state index in [0.717, 1.165) is 0 Å². The van der Waals surface area contributed by atoms with Crippen molar-refractivity contribution in [3.8, 4) is 11.5 Å². The number of nitrogens with zero attached hydrogens (tertiary/aromatic N) is 4. The number of rotatable bonds is 11. The van der Waals surface area contributed by atoms with Crippen molar-refractivity contribution in [2.45, 2.75) is 51.9 Å². The third kappa shape index (κ3) is 6.39. The fourth-order valence-electron chi connectivity index (χ4n) is 4.35. The van der Waals surface area contributed by atoms with E-state index >= 15 is 0 Å². The van der Waals surface area contributed by atoms with Crippen LogP contribution >= 0.6 is 0 Å². The zero-order valence-corrected chi connectivity index (χ0v) is 23.3. The normalized spacial score (nSPS) is 12.2. The molecule has 10 heteroatoms. The maximum Gasteiger partial charge on any atom is 0.247 e. The number of ether oxygens (including phenoxy) is 2. The van der Waals surface area contributed by atoms with Gasteiger partial charge in [-0.25, -0.2) is 9.07 Å². The minimum atomic E-state index is -1.04. The van der Waals surface area contributed by atoms with Gasteiger partial charge in [-0.2, -0.15) is 0 Å². The monoisotopic (exact) mass is 547 g/mol. The molecule has 4 rings (SSSR count). The fraction of sp³-hybridized carbons (Fsp3) is 0.333. The first-order valence-corrected chi connectivity index (χ1v) is 13.0. The summed E-state index contributed by atoms with van der Waals surface area (Å²) < 4.78 is 26.1. The Labute approximate surface area is 232 Å². The van der Waals surface area contributed by atoms with Crippen molar-refractivity contribution >= 4 is 22.8 Å². The Bertz CT molecular complexity index is 1490. The number of amides is 2. The highest BCUT2D eigenvalue weighted by Crippen LogP contribution is 2.33. The van der Waals surface area contributed by atoms with Gasteiger partial charge >= 0.3 is 0 Å². The summed E-state index contributed by atoms with van der Waals surface area (Å²) in [5.41, 5.74) is 2.00. The van der Waals surface area contributed by atoms with Crippen LogP contribution in [-0.2, 0) is 22.7 Å².